The molecule has 2 aromatic heterocycles. The molecule has 0 radical (unpaired) electrons. The van der Waals surface area contributed by atoms with Crippen molar-refractivity contribution in [2.45, 2.75) is 6.92 Å². The number of thiophene rings is 1. The van der Waals surface area contributed by atoms with Crippen molar-refractivity contribution < 1.29 is 9.53 Å². The molecule has 1 saturated heterocycles. The Morgan fingerprint density at radius 3 is 2.50 bits per heavy atom. The third-order valence-corrected chi connectivity index (χ3v) is 6.51. The summed E-state index contributed by atoms with van der Waals surface area (Å²) < 4.78 is 6.15. The molecule has 1 aliphatic rings. The molecule has 7 nitrogen and oxygen atoms in total. The Morgan fingerprint density at radius 1 is 1.13 bits per heavy atom. The minimum Gasteiger partial charge on any atom is -0.497 e. The second kappa shape index (κ2) is 9.01. The van der Waals surface area contributed by atoms with E-state index >= 15 is 0 Å². The molecule has 1 N–H and O–H groups in total. The van der Waals surface area contributed by atoms with Gasteiger partial charge in [0.2, 0.25) is 5.95 Å². The minimum atomic E-state index is 0.0809. The summed E-state index contributed by atoms with van der Waals surface area (Å²) in [5, 5.41) is 5.26. The summed E-state index contributed by atoms with van der Waals surface area (Å²) >= 11 is 4.87. The number of aryl methyl sites for hydroxylation is 1. The molecule has 0 spiro atoms. The lowest BCUT2D eigenvalue weighted by molar-refractivity contribution is 0.0751. The number of aromatic nitrogens is 2. The van der Waals surface area contributed by atoms with Crippen molar-refractivity contribution >= 4 is 50.6 Å². The quantitative estimate of drug-likeness (QED) is 0.577. The highest BCUT2D eigenvalue weighted by Crippen LogP contribution is 2.24. The number of hydrogen-bond donors (Lipinski definition) is 1. The highest BCUT2D eigenvalue weighted by molar-refractivity contribution is 9.10. The lowest BCUT2D eigenvalue weighted by Crippen LogP contribution is -2.49. The van der Waals surface area contributed by atoms with Crippen molar-refractivity contribution in [3.63, 3.8) is 0 Å². The van der Waals surface area contributed by atoms with Gasteiger partial charge in [-0.2, -0.15) is 4.98 Å². The number of benzene rings is 1. The van der Waals surface area contributed by atoms with Crippen LogP contribution < -0.4 is 15.0 Å². The first-order chi connectivity index (χ1) is 14.5. The molecule has 30 heavy (non-hydrogen) atoms. The van der Waals surface area contributed by atoms with E-state index < -0.39 is 0 Å². The average molecular weight is 488 g/mol. The molecule has 1 aliphatic heterocycles. The van der Waals surface area contributed by atoms with E-state index in [4.69, 9.17) is 9.72 Å². The number of nitrogens with zero attached hydrogens (tertiary/aromatic N) is 4. The monoisotopic (exact) mass is 487 g/mol. The number of halogens is 1. The van der Waals surface area contributed by atoms with E-state index in [-0.39, 0.29) is 5.91 Å². The second-order valence-corrected chi connectivity index (χ2v) is 8.78. The van der Waals surface area contributed by atoms with E-state index in [0.717, 1.165) is 32.3 Å². The summed E-state index contributed by atoms with van der Waals surface area (Å²) in [6.07, 6.45) is 0. The zero-order chi connectivity index (χ0) is 21.1. The van der Waals surface area contributed by atoms with Crippen LogP contribution in [0.2, 0.25) is 0 Å². The van der Waals surface area contributed by atoms with Crippen LogP contribution in [0.4, 0.5) is 17.5 Å². The maximum absolute atomic E-state index is 12.7. The summed E-state index contributed by atoms with van der Waals surface area (Å²) in [5.74, 6) is 2.31. The molecule has 156 valence electrons. The van der Waals surface area contributed by atoms with Crippen molar-refractivity contribution in [2.75, 3.05) is 43.5 Å². The minimum absolute atomic E-state index is 0.0809. The Kier molecular flexibility index (Phi) is 6.19. The molecule has 0 unspecified atom stereocenters. The van der Waals surface area contributed by atoms with E-state index in [1.807, 2.05) is 53.6 Å². The fourth-order valence-corrected chi connectivity index (χ4v) is 4.66. The average Bonchev–Trinajstić information content (AvgIpc) is 3.20. The zero-order valence-corrected chi connectivity index (χ0v) is 19.2. The van der Waals surface area contributed by atoms with Gasteiger partial charge in [-0.1, -0.05) is 0 Å². The van der Waals surface area contributed by atoms with Crippen molar-refractivity contribution in [3.05, 3.63) is 56.8 Å². The topological polar surface area (TPSA) is 70.6 Å². The SMILES string of the molecule is COc1ccc(Nc2cc(C)nc(N3CCN(C(=O)c4cc(Br)cs4)CC3)n2)cc1. The fourth-order valence-electron chi connectivity index (χ4n) is 3.27. The largest absolute Gasteiger partial charge is 0.497 e. The highest BCUT2D eigenvalue weighted by atomic mass is 79.9. The van der Waals surface area contributed by atoms with Crippen LogP contribution in [0.25, 0.3) is 0 Å². The number of carbonyl (C=O) groups excluding carboxylic acids is 1. The zero-order valence-electron chi connectivity index (χ0n) is 16.8. The molecule has 3 aromatic rings. The molecule has 0 aliphatic carbocycles. The third-order valence-electron chi connectivity index (χ3n) is 4.83. The van der Waals surface area contributed by atoms with Gasteiger partial charge in [0.1, 0.15) is 11.6 Å². The van der Waals surface area contributed by atoms with Gasteiger partial charge in [0.15, 0.2) is 0 Å². The number of carbonyl (C=O) groups is 1. The standard InChI is InChI=1S/C21H22BrN5O2S/c1-14-11-19(24-16-3-5-17(29-2)6-4-16)25-21(23-14)27-9-7-26(8-10-27)20(28)18-12-15(22)13-30-18/h3-6,11-13H,7-10H2,1-2H3,(H,23,24,25). The molecule has 0 bridgehead atoms. The molecule has 0 atom stereocenters. The lowest BCUT2D eigenvalue weighted by atomic mass is 10.3. The summed E-state index contributed by atoms with van der Waals surface area (Å²) in [6, 6.07) is 11.5. The van der Waals surface area contributed by atoms with E-state index in [2.05, 4.69) is 31.1 Å². The van der Waals surface area contributed by atoms with E-state index in [1.165, 1.54) is 11.3 Å². The number of rotatable bonds is 5. The van der Waals surface area contributed by atoms with Crippen molar-refractivity contribution in [1.29, 1.82) is 0 Å². The summed E-state index contributed by atoms with van der Waals surface area (Å²) in [5.41, 5.74) is 1.82. The van der Waals surface area contributed by atoms with Crippen LogP contribution in [0.1, 0.15) is 15.4 Å². The molecular formula is C21H22BrN5O2S. The predicted octanol–water partition coefficient (Wildman–Crippen LogP) is 4.32. The maximum Gasteiger partial charge on any atom is 0.264 e. The Morgan fingerprint density at radius 2 is 1.87 bits per heavy atom. The van der Waals surface area contributed by atoms with Gasteiger partial charge in [0.25, 0.3) is 5.91 Å². The van der Waals surface area contributed by atoms with Gasteiger partial charge in [-0.05, 0) is 53.2 Å². The van der Waals surface area contributed by atoms with Crippen LogP contribution in [0.15, 0.2) is 46.3 Å². The van der Waals surface area contributed by atoms with Crippen molar-refractivity contribution in [2.24, 2.45) is 0 Å². The Hall–Kier alpha value is -2.65. The normalized spacial score (nSPS) is 14.0. The van der Waals surface area contributed by atoms with Crippen LogP contribution in [-0.4, -0.2) is 54.1 Å². The Labute approximate surface area is 187 Å². The van der Waals surface area contributed by atoms with Gasteiger partial charge in [0, 0.05) is 53.5 Å². The summed E-state index contributed by atoms with van der Waals surface area (Å²) in [7, 11) is 1.65. The van der Waals surface area contributed by atoms with E-state index in [0.29, 0.717) is 32.1 Å². The van der Waals surface area contributed by atoms with Gasteiger partial charge >= 0.3 is 0 Å². The van der Waals surface area contributed by atoms with Crippen LogP contribution in [0.5, 0.6) is 5.75 Å². The maximum atomic E-state index is 12.7. The summed E-state index contributed by atoms with van der Waals surface area (Å²) in [6.45, 7) is 4.64. The highest BCUT2D eigenvalue weighted by Gasteiger charge is 2.24. The van der Waals surface area contributed by atoms with Gasteiger partial charge < -0.3 is 19.9 Å². The Bertz CT molecular complexity index is 1030. The number of amides is 1. The number of methoxy groups -OCH3 is 1. The molecule has 1 aromatic carbocycles. The third kappa shape index (κ3) is 4.73. The number of nitrogens with one attached hydrogen (secondary N) is 1. The number of piperazine rings is 1. The van der Waals surface area contributed by atoms with Gasteiger partial charge in [-0.15, -0.1) is 11.3 Å². The first kappa shape index (κ1) is 20.6. The molecule has 0 saturated carbocycles. The molecule has 1 fully saturated rings. The predicted molar refractivity (Wildman–Crippen MR) is 123 cm³/mol. The first-order valence-electron chi connectivity index (χ1n) is 9.57. The van der Waals surface area contributed by atoms with Crippen LogP contribution in [0.3, 0.4) is 0 Å². The van der Waals surface area contributed by atoms with Crippen molar-refractivity contribution in [1.82, 2.24) is 14.9 Å². The van der Waals surface area contributed by atoms with Gasteiger partial charge in [0.05, 0.1) is 12.0 Å². The lowest BCUT2D eigenvalue weighted by Gasteiger charge is -2.34. The van der Waals surface area contributed by atoms with Gasteiger partial charge in [-0.3, -0.25) is 4.79 Å². The molecule has 3 heterocycles. The van der Waals surface area contributed by atoms with Crippen LogP contribution >= 0.6 is 27.3 Å². The second-order valence-electron chi connectivity index (χ2n) is 6.96. The molecule has 9 heteroatoms. The first-order valence-corrected chi connectivity index (χ1v) is 11.2. The fraction of sp³-hybridized carbons (Fsp3) is 0.286. The van der Waals surface area contributed by atoms with E-state index in [9.17, 15) is 4.79 Å². The molecule has 4 rings (SSSR count). The van der Waals surface area contributed by atoms with Crippen LogP contribution in [-0.2, 0) is 0 Å². The van der Waals surface area contributed by atoms with E-state index in [1.54, 1.807) is 7.11 Å². The van der Waals surface area contributed by atoms with Crippen LogP contribution in [0, 0.1) is 6.92 Å². The number of ether oxygens (including phenoxy) is 1. The molecular weight excluding hydrogens is 466 g/mol. The smallest absolute Gasteiger partial charge is 0.264 e. The van der Waals surface area contributed by atoms with Crippen molar-refractivity contribution in [3.8, 4) is 5.75 Å². The Balaban J connectivity index is 1.42. The molecule has 1 amide bonds. The number of hydrogen-bond acceptors (Lipinski definition) is 7. The summed E-state index contributed by atoms with van der Waals surface area (Å²) in [4.78, 5) is 26.7. The van der Waals surface area contributed by atoms with Gasteiger partial charge in [-0.25, -0.2) is 4.98 Å². The number of anilines is 3.